The van der Waals surface area contributed by atoms with Crippen LogP contribution in [0.25, 0.3) is 16.6 Å². The van der Waals surface area contributed by atoms with Crippen molar-refractivity contribution in [1.82, 2.24) is 9.55 Å². The number of nitrogens with zero attached hydrogens (tertiary/aromatic N) is 3. The molecule has 0 spiro atoms. The molecule has 1 fully saturated rings. The number of anilines is 1. The molecule has 23 heavy (non-hydrogen) atoms. The van der Waals surface area contributed by atoms with Crippen LogP contribution in [0.3, 0.4) is 0 Å². The minimum Gasteiger partial charge on any atom is -0.378 e. The molecule has 1 saturated heterocycles. The van der Waals surface area contributed by atoms with Gasteiger partial charge in [-0.05, 0) is 36.4 Å². The van der Waals surface area contributed by atoms with Crippen LogP contribution >= 0.6 is 0 Å². The van der Waals surface area contributed by atoms with Crippen molar-refractivity contribution in [2.45, 2.75) is 0 Å². The number of benzene rings is 2. The second-order valence-electron chi connectivity index (χ2n) is 5.55. The number of aromatic nitrogens is 2. The predicted octanol–water partition coefficient (Wildman–Crippen LogP) is 2.22. The summed E-state index contributed by atoms with van der Waals surface area (Å²) in [7, 11) is 0. The van der Waals surface area contributed by atoms with Crippen LogP contribution in [0.15, 0.2) is 59.7 Å². The summed E-state index contributed by atoms with van der Waals surface area (Å²) in [5, 5.41) is 0.632. The van der Waals surface area contributed by atoms with Gasteiger partial charge in [-0.3, -0.25) is 9.36 Å². The lowest BCUT2D eigenvalue weighted by Crippen LogP contribution is -2.36. The lowest BCUT2D eigenvalue weighted by molar-refractivity contribution is 0.122. The molecular formula is C18H17N3O2. The minimum atomic E-state index is -0.0466. The van der Waals surface area contributed by atoms with E-state index >= 15 is 0 Å². The molecule has 0 N–H and O–H groups in total. The van der Waals surface area contributed by atoms with Crippen molar-refractivity contribution in [3.63, 3.8) is 0 Å². The summed E-state index contributed by atoms with van der Waals surface area (Å²) in [4.78, 5) is 19.3. The number of para-hydroxylation sites is 1. The van der Waals surface area contributed by atoms with Crippen molar-refractivity contribution in [3.05, 3.63) is 65.2 Å². The summed E-state index contributed by atoms with van der Waals surface area (Å²) < 4.78 is 6.96. The van der Waals surface area contributed by atoms with Gasteiger partial charge in [-0.2, -0.15) is 0 Å². The molecule has 5 heteroatoms. The van der Waals surface area contributed by atoms with Crippen LogP contribution in [-0.2, 0) is 4.74 Å². The summed E-state index contributed by atoms with van der Waals surface area (Å²) in [6.07, 6.45) is 1.59. The van der Waals surface area contributed by atoms with Gasteiger partial charge in [-0.1, -0.05) is 12.1 Å². The Kier molecular flexibility index (Phi) is 3.55. The molecule has 0 radical (unpaired) electrons. The first-order valence-electron chi connectivity index (χ1n) is 7.72. The normalized spacial score (nSPS) is 15.0. The molecule has 4 rings (SSSR count). The van der Waals surface area contributed by atoms with Gasteiger partial charge in [-0.25, -0.2) is 4.98 Å². The van der Waals surface area contributed by atoms with Crippen LogP contribution in [0, 0.1) is 0 Å². The Morgan fingerprint density at radius 3 is 2.39 bits per heavy atom. The highest BCUT2D eigenvalue weighted by Crippen LogP contribution is 2.18. The summed E-state index contributed by atoms with van der Waals surface area (Å²) in [5.74, 6) is 0. The van der Waals surface area contributed by atoms with Gasteiger partial charge in [0.2, 0.25) is 0 Å². The van der Waals surface area contributed by atoms with E-state index in [4.69, 9.17) is 4.74 Å². The van der Waals surface area contributed by atoms with Gasteiger partial charge in [0.25, 0.3) is 5.56 Å². The van der Waals surface area contributed by atoms with E-state index in [1.54, 1.807) is 10.9 Å². The minimum absolute atomic E-state index is 0.0466. The van der Waals surface area contributed by atoms with E-state index in [2.05, 4.69) is 9.88 Å². The lowest BCUT2D eigenvalue weighted by Gasteiger charge is -2.28. The zero-order valence-corrected chi connectivity index (χ0v) is 12.7. The first-order valence-corrected chi connectivity index (χ1v) is 7.72. The molecule has 2 heterocycles. The molecule has 5 nitrogen and oxygen atoms in total. The predicted molar refractivity (Wildman–Crippen MR) is 90.4 cm³/mol. The van der Waals surface area contributed by atoms with Gasteiger partial charge in [0.1, 0.15) is 6.33 Å². The lowest BCUT2D eigenvalue weighted by atomic mass is 10.2. The first-order chi connectivity index (χ1) is 11.3. The molecule has 1 aromatic heterocycles. The van der Waals surface area contributed by atoms with E-state index in [0.717, 1.165) is 43.2 Å². The van der Waals surface area contributed by atoms with Crippen molar-refractivity contribution in [1.29, 1.82) is 0 Å². The van der Waals surface area contributed by atoms with Crippen LogP contribution < -0.4 is 10.5 Å². The maximum atomic E-state index is 12.6. The van der Waals surface area contributed by atoms with Gasteiger partial charge >= 0.3 is 0 Å². The van der Waals surface area contributed by atoms with Gasteiger partial charge in [0, 0.05) is 18.8 Å². The number of morpholine rings is 1. The summed E-state index contributed by atoms with van der Waals surface area (Å²) >= 11 is 0. The molecule has 0 unspecified atom stereocenters. The van der Waals surface area contributed by atoms with E-state index in [0.29, 0.717) is 5.39 Å². The molecule has 0 amide bonds. The zero-order chi connectivity index (χ0) is 15.6. The molecule has 0 aliphatic carbocycles. The first kappa shape index (κ1) is 14.0. The Morgan fingerprint density at radius 1 is 0.913 bits per heavy atom. The highest BCUT2D eigenvalue weighted by molar-refractivity contribution is 5.77. The third-order valence-corrected chi connectivity index (χ3v) is 4.17. The number of hydrogen-bond acceptors (Lipinski definition) is 4. The van der Waals surface area contributed by atoms with Gasteiger partial charge in [0.05, 0.1) is 29.8 Å². The van der Waals surface area contributed by atoms with E-state index in [9.17, 15) is 4.79 Å². The third-order valence-electron chi connectivity index (χ3n) is 4.17. The van der Waals surface area contributed by atoms with E-state index in [1.807, 2.05) is 48.5 Å². The topological polar surface area (TPSA) is 47.4 Å². The zero-order valence-electron chi connectivity index (χ0n) is 12.7. The largest absolute Gasteiger partial charge is 0.378 e. The molecule has 0 saturated carbocycles. The molecule has 1 aliphatic rings. The molecule has 3 aromatic rings. The summed E-state index contributed by atoms with van der Waals surface area (Å²) in [6, 6.07) is 15.4. The Morgan fingerprint density at radius 2 is 1.61 bits per heavy atom. The molecule has 0 atom stereocenters. The molecule has 0 bridgehead atoms. The fourth-order valence-corrected chi connectivity index (χ4v) is 2.90. The average molecular weight is 307 g/mol. The van der Waals surface area contributed by atoms with E-state index in [1.165, 1.54) is 0 Å². The third kappa shape index (κ3) is 2.59. The molecule has 1 aliphatic heterocycles. The maximum Gasteiger partial charge on any atom is 0.265 e. The monoisotopic (exact) mass is 307 g/mol. The number of ether oxygens (including phenoxy) is 1. The second-order valence-corrected chi connectivity index (χ2v) is 5.55. The van der Waals surface area contributed by atoms with Crippen LogP contribution in [0.2, 0.25) is 0 Å². The number of hydrogen-bond donors (Lipinski definition) is 0. The summed E-state index contributed by atoms with van der Waals surface area (Å²) in [6.45, 7) is 3.32. The van der Waals surface area contributed by atoms with Crippen molar-refractivity contribution in [2.24, 2.45) is 0 Å². The quantitative estimate of drug-likeness (QED) is 0.728. The average Bonchev–Trinajstić information content (AvgIpc) is 2.63. The Hall–Kier alpha value is -2.66. The fourth-order valence-electron chi connectivity index (χ4n) is 2.90. The fraction of sp³-hybridized carbons (Fsp3) is 0.222. The molecule has 116 valence electrons. The van der Waals surface area contributed by atoms with Crippen LogP contribution in [0.1, 0.15) is 0 Å². The maximum absolute atomic E-state index is 12.6. The van der Waals surface area contributed by atoms with Gasteiger partial charge in [0.15, 0.2) is 0 Å². The van der Waals surface area contributed by atoms with Crippen LogP contribution in [-0.4, -0.2) is 35.9 Å². The van der Waals surface area contributed by atoms with Crippen LogP contribution in [0.5, 0.6) is 0 Å². The Labute approximate surface area is 133 Å². The van der Waals surface area contributed by atoms with Gasteiger partial charge in [-0.15, -0.1) is 0 Å². The smallest absolute Gasteiger partial charge is 0.265 e. The van der Waals surface area contributed by atoms with Crippen molar-refractivity contribution in [3.8, 4) is 5.69 Å². The van der Waals surface area contributed by atoms with Gasteiger partial charge < -0.3 is 9.64 Å². The standard InChI is InChI=1S/C18H17N3O2/c22-18-16-3-1-2-4-17(16)19-13-21(18)15-7-5-14(6-8-15)20-9-11-23-12-10-20/h1-8,13H,9-12H2. The van der Waals surface area contributed by atoms with Crippen molar-refractivity contribution < 1.29 is 4.74 Å². The highest BCUT2D eigenvalue weighted by atomic mass is 16.5. The SMILES string of the molecule is O=c1c2ccccc2ncn1-c1ccc(N2CCOCC2)cc1. The number of rotatable bonds is 2. The van der Waals surface area contributed by atoms with Crippen molar-refractivity contribution in [2.75, 3.05) is 31.2 Å². The Balaban J connectivity index is 1.70. The van der Waals surface area contributed by atoms with E-state index < -0.39 is 0 Å². The summed E-state index contributed by atoms with van der Waals surface area (Å²) in [5.41, 5.74) is 2.65. The number of fused-ring (bicyclic) bond motifs is 1. The van der Waals surface area contributed by atoms with Crippen LogP contribution in [0.4, 0.5) is 5.69 Å². The highest BCUT2D eigenvalue weighted by Gasteiger charge is 2.11. The Bertz CT molecular complexity index is 881. The second kappa shape index (κ2) is 5.85. The molecule has 2 aromatic carbocycles. The van der Waals surface area contributed by atoms with Crippen molar-refractivity contribution >= 4 is 16.6 Å². The molecular weight excluding hydrogens is 290 g/mol. The van der Waals surface area contributed by atoms with E-state index in [-0.39, 0.29) is 5.56 Å².